The van der Waals surface area contributed by atoms with Crippen molar-refractivity contribution < 1.29 is 9.47 Å². The molecule has 1 aromatic rings. The van der Waals surface area contributed by atoms with E-state index in [1.54, 1.807) is 14.2 Å². The molecule has 0 atom stereocenters. The Kier molecular flexibility index (Phi) is 4.12. The predicted molar refractivity (Wildman–Crippen MR) is 73.4 cm³/mol. The zero-order valence-electron chi connectivity index (χ0n) is 11.4. The maximum Gasteiger partial charge on any atom is 0.126 e. The molecule has 1 aromatic carbocycles. The molecule has 100 valence electrons. The summed E-state index contributed by atoms with van der Waals surface area (Å²) in [6, 6.07) is 6.15. The minimum Gasteiger partial charge on any atom is -0.497 e. The van der Waals surface area contributed by atoms with Crippen LogP contribution in [0.25, 0.3) is 0 Å². The highest BCUT2D eigenvalue weighted by Gasteiger charge is 2.37. The fraction of sp³-hybridized carbons (Fsp3) is 0.600. The van der Waals surface area contributed by atoms with Gasteiger partial charge in [-0.3, -0.25) is 0 Å². The van der Waals surface area contributed by atoms with Crippen LogP contribution < -0.4 is 15.2 Å². The molecule has 3 heteroatoms. The van der Waals surface area contributed by atoms with Gasteiger partial charge in [0.2, 0.25) is 0 Å². The van der Waals surface area contributed by atoms with Gasteiger partial charge in [0.25, 0.3) is 0 Å². The number of benzene rings is 1. The lowest BCUT2D eigenvalue weighted by atomic mass is 9.75. The zero-order chi connectivity index (χ0) is 13.0. The van der Waals surface area contributed by atoms with Crippen molar-refractivity contribution in [3.8, 4) is 11.5 Å². The minimum atomic E-state index is 0.215. The van der Waals surface area contributed by atoms with E-state index in [2.05, 4.69) is 6.07 Å². The van der Waals surface area contributed by atoms with Gasteiger partial charge >= 0.3 is 0 Å². The molecule has 0 amide bonds. The largest absolute Gasteiger partial charge is 0.497 e. The maximum atomic E-state index is 5.81. The van der Waals surface area contributed by atoms with Gasteiger partial charge in [0.15, 0.2) is 0 Å². The van der Waals surface area contributed by atoms with Crippen LogP contribution in [0.15, 0.2) is 18.2 Å². The molecule has 3 nitrogen and oxygen atoms in total. The molecule has 0 radical (unpaired) electrons. The topological polar surface area (TPSA) is 44.5 Å². The van der Waals surface area contributed by atoms with E-state index in [1.165, 1.54) is 31.2 Å². The lowest BCUT2D eigenvalue weighted by molar-refractivity contribution is 0.356. The highest BCUT2D eigenvalue weighted by molar-refractivity contribution is 5.45. The van der Waals surface area contributed by atoms with Gasteiger partial charge in [-0.2, -0.15) is 0 Å². The molecule has 0 spiro atoms. The van der Waals surface area contributed by atoms with Crippen LogP contribution in [0.2, 0.25) is 0 Å². The highest BCUT2D eigenvalue weighted by Crippen LogP contribution is 2.47. The maximum absolute atomic E-state index is 5.81. The van der Waals surface area contributed by atoms with Crippen LogP contribution >= 0.6 is 0 Å². The fourth-order valence-electron chi connectivity index (χ4n) is 3.22. The van der Waals surface area contributed by atoms with Crippen molar-refractivity contribution in [1.82, 2.24) is 0 Å². The molecule has 2 rings (SSSR count). The normalized spacial score (nSPS) is 17.7. The van der Waals surface area contributed by atoms with Gasteiger partial charge in [0, 0.05) is 17.0 Å². The standard InChI is InChI=1S/C15H23NO2/c1-17-12-5-6-13(14(11-12)18-2)15(9-10-16)7-3-4-8-15/h5-6,11H,3-4,7-10,16H2,1-2H3. The molecule has 1 saturated carbocycles. The summed E-state index contributed by atoms with van der Waals surface area (Å²) in [6.45, 7) is 0.731. The molecule has 1 aliphatic carbocycles. The van der Waals surface area contributed by atoms with Crippen LogP contribution in [0.3, 0.4) is 0 Å². The highest BCUT2D eigenvalue weighted by atomic mass is 16.5. The molecule has 1 fully saturated rings. The second-order valence-corrected chi connectivity index (χ2v) is 5.09. The number of nitrogens with two attached hydrogens (primary N) is 1. The molecule has 0 aliphatic heterocycles. The molecule has 1 aliphatic rings. The smallest absolute Gasteiger partial charge is 0.126 e. The second kappa shape index (κ2) is 5.61. The van der Waals surface area contributed by atoms with Crippen molar-refractivity contribution in [3.05, 3.63) is 23.8 Å². The predicted octanol–water partition coefficient (Wildman–Crippen LogP) is 2.86. The third-order valence-electron chi connectivity index (χ3n) is 4.16. The third-order valence-corrected chi connectivity index (χ3v) is 4.16. The van der Waals surface area contributed by atoms with Crippen molar-refractivity contribution in [2.75, 3.05) is 20.8 Å². The third kappa shape index (κ3) is 2.32. The van der Waals surface area contributed by atoms with E-state index in [-0.39, 0.29) is 5.41 Å². The zero-order valence-corrected chi connectivity index (χ0v) is 11.4. The number of hydrogen-bond acceptors (Lipinski definition) is 3. The lowest BCUT2D eigenvalue weighted by Crippen LogP contribution is -2.26. The Hall–Kier alpha value is -1.22. The molecule has 2 N–H and O–H groups in total. The average Bonchev–Trinajstić information content (AvgIpc) is 2.88. The summed E-state index contributed by atoms with van der Waals surface area (Å²) < 4.78 is 10.8. The Labute approximate surface area is 109 Å². The van der Waals surface area contributed by atoms with Gasteiger partial charge < -0.3 is 15.2 Å². The molecule has 18 heavy (non-hydrogen) atoms. The van der Waals surface area contributed by atoms with Crippen LogP contribution in [0.5, 0.6) is 11.5 Å². The molecule has 0 aromatic heterocycles. The Bertz CT molecular complexity index is 397. The van der Waals surface area contributed by atoms with E-state index in [9.17, 15) is 0 Å². The van der Waals surface area contributed by atoms with Crippen molar-refractivity contribution in [2.24, 2.45) is 5.73 Å². The van der Waals surface area contributed by atoms with Crippen molar-refractivity contribution in [2.45, 2.75) is 37.5 Å². The Balaban J connectivity index is 2.40. The number of rotatable bonds is 5. The van der Waals surface area contributed by atoms with E-state index < -0.39 is 0 Å². The van der Waals surface area contributed by atoms with Gasteiger partial charge in [-0.1, -0.05) is 18.9 Å². The van der Waals surface area contributed by atoms with Crippen molar-refractivity contribution >= 4 is 0 Å². The lowest BCUT2D eigenvalue weighted by Gasteiger charge is -2.31. The van der Waals surface area contributed by atoms with Crippen LogP contribution in [0.4, 0.5) is 0 Å². The first-order chi connectivity index (χ1) is 8.75. The minimum absolute atomic E-state index is 0.215. The van der Waals surface area contributed by atoms with E-state index in [1.807, 2.05) is 12.1 Å². The Morgan fingerprint density at radius 3 is 2.44 bits per heavy atom. The summed E-state index contributed by atoms with van der Waals surface area (Å²) in [5.41, 5.74) is 7.33. The number of methoxy groups -OCH3 is 2. The first-order valence-electron chi connectivity index (χ1n) is 6.68. The van der Waals surface area contributed by atoms with E-state index in [0.29, 0.717) is 0 Å². The van der Waals surface area contributed by atoms with Crippen molar-refractivity contribution in [1.29, 1.82) is 0 Å². The van der Waals surface area contributed by atoms with Crippen LogP contribution in [0.1, 0.15) is 37.7 Å². The summed E-state index contributed by atoms with van der Waals surface area (Å²) in [6.07, 6.45) is 6.04. The van der Waals surface area contributed by atoms with E-state index >= 15 is 0 Å². The summed E-state index contributed by atoms with van der Waals surface area (Å²) in [4.78, 5) is 0. The SMILES string of the molecule is COc1ccc(C2(CCN)CCCC2)c(OC)c1. The van der Waals surface area contributed by atoms with Gasteiger partial charge in [0.05, 0.1) is 14.2 Å². The van der Waals surface area contributed by atoms with Crippen LogP contribution in [-0.2, 0) is 5.41 Å². The average molecular weight is 249 g/mol. The van der Waals surface area contributed by atoms with E-state index in [0.717, 1.165) is 24.5 Å². The quantitative estimate of drug-likeness (QED) is 0.872. The van der Waals surface area contributed by atoms with Gasteiger partial charge in [0.1, 0.15) is 11.5 Å². The summed E-state index contributed by atoms with van der Waals surface area (Å²) in [5.74, 6) is 1.78. The molecule has 0 bridgehead atoms. The Morgan fingerprint density at radius 2 is 1.89 bits per heavy atom. The molecule has 0 saturated heterocycles. The van der Waals surface area contributed by atoms with Gasteiger partial charge in [-0.15, -0.1) is 0 Å². The van der Waals surface area contributed by atoms with E-state index in [4.69, 9.17) is 15.2 Å². The Morgan fingerprint density at radius 1 is 1.17 bits per heavy atom. The van der Waals surface area contributed by atoms with Crippen LogP contribution in [-0.4, -0.2) is 20.8 Å². The number of ether oxygens (including phenoxy) is 2. The number of hydrogen-bond donors (Lipinski definition) is 1. The van der Waals surface area contributed by atoms with Gasteiger partial charge in [-0.25, -0.2) is 0 Å². The summed E-state index contributed by atoms with van der Waals surface area (Å²) in [5, 5.41) is 0. The van der Waals surface area contributed by atoms with Crippen molar-refractivity contribution in [3.63, 3.8) is 0 Å². The molecular weight excluding hydrogens is 226 g/mol. The summed E-state index contributed by atoms with van der Waals surface area (Å²) in [7, 11) is 3.41. The fourth-order valence-corrected chi connectivity index (χ4v) is 3.22. The van der Waals surface area contributed by atoms with Crippen LogP contribution in [0, 0.1) is 0 Å². The van der Waals surface area contributed by atoms with Gasteiger partial charge in [-0.05, 0) is 31.9 Å². The second-order valence-electron chi connectivity index (χ2n) is 5.09. The summed E-state index contributed by atoms with van der Waals surface area (Å²) >= 11 is 0. The molecule has 0 heterocycles. The molecule has 0 unspecified atom stereocenters. The first kappa shape index (κ1) is 13.2. The first-order valence-corrected chi connectivity index (χ1v) is 6.68. The monoisotopic (exact) mass is 249 g/mol. The molecular formula is C15H23NO2.